The summed E-state index contributed by atoms with van der Waals surface area (Å²) in [4.78, 5) is 24.1. The Balaban J connectivity index is 2.47. The van der Waals surface area contributed by atoms with Gasteiger partial charge in [-0.25, -0.2) is 4.79 Å². The van der Waals surface area contributed by atoms with E-state index in [1.807, 2.05) is 20.8 Å². The average Bonchev–Trinajstić information content (AvgIpc) is 2.55. The Hall–Kier alpha value is -1.56. The molecule has 1 amide bonds. The summed E-state index contributed by atoms with van der Waals surface area (Å²) in [7, 11) is 0. The highest BCUT2D eigenvalue weighted by Crippen LogP contribution is 2.23. The number of amides is 1. The molecule has 1 rings (SSSR count). The van der Waals surface area contributed by atoms with Gasteiger partial charge in [0, 0.05) is 16.6 Å². The topological polar surface area (TPSA) is 81.4 Å². The number of nitrogens with two attached hydrogens (primary N) is 1. The standard InChI is InChI=1S/C11H16N2O3S/c1-6(2)13-10(14)5-16-11(15)9-4-8(12)7(3)17-9/h4,6H,5,12H2,1-3H3,(H,13,14). The number of carbonyl (C=O) groups excluding carboxylic acids is 2. The van der Waals surface area contributed by atoms with Crippen molar-refractivity contribution in [3.05, 3.63) is 15.8 Å². The summed E-state index contributed by atoms with van der Waals surface area (Å²) in [6.45, 7) is 5.22. The number of rotatable bonds is 4. The number of carbonyl (C=O) groups is 2. The van der Waals surface area contributed by atoms with E-state index < -0.39 is 5.97 Å². The van der Waals surface area contributed by atoms with Crippen LogP contribution in [0.2, 0.25) is 0 Å². The first-order valence-corrected chi connectivity index (χ1v) is 6.04. The van der Waals surface area contributed by atoms with E-state index in [-0.39, 0.29) is 18.6 Å². The van der Waals surface area contributed by atoms with Crippen LogP contribution in [0.3, 0.4) is 0 Å². The van der Waals surface area contributed by atoms with Crippen LogP contribution >= 0.6 is 11.3 Å². The molecule has 94 valence electrons. The van der Waals surface area contributed by atoms with Gasteiger partial charge in [-0.05, 0) is 26.8 Å². The molecule has 0 aliphatic rings. The predicted molar refractivity (Wildman–Crippen MR) is 67.0 cm³/mol. The second kappa shape index (κ2) is 5.67. The van der Waals surface area contributed by atoms with E-state index >= 15 is 0 Å². The third-order valence-corrected chi connectivity index (χ3v) is 2.99. The second-order valence-electron chi connectivity index (χ2n) is 3.92. The van der Waals surface area contributed by atoms with Crippen molar-refractivity contribution in [2.75, 3.05) is 12.3 Å². The van der Waals surface area contributed by atoms with Crippen LogP contribution in [0.4, 0.5) is 5.69 Å². The Morgan fingerprint density at radius 2 is 2.18 bits per heavy atom. The van der Waals surface area contributed by atoms with Crippen molar-refractivity contribution in [3.63, 3.8) is 0 Å². The first-order valence-electron chi connectivity index (χ1n) is 5.22. The molecular weight excluding hydrogens is 240 g/mol. The predicted octanol–water partition coefficient (Wildman–Crippen LogP) is 1.32. The van der Waals surface area contributed by atoms with Crippen molar-refractivity contribution in [1.29, 1.82) is 0 Å². The lowest BCUT2D eigenvalue weighted by molar-refractivity contribution is -0.124. The van der Waals surface area contributed by atoms with E-state index in [1.165, 1.54) is 11.3 Å². The number of anilines is 1. The summed E-state index contributed by atoms with van der Waals surface area (Å²) in [5.74, 6) is -0.830. The first-order chi connectivity index (χ1) is 7.90. The van der Waals surface area contributed by atoms with Crippen molar-refractivity contribution in [1.82, 2.24) is 5.32 Å². The summed E-state index contributed by atoms with van der Waals surface area (Å²) >= 11 is 1.26. The molecule has 0 atom stereocenters. The SMILES string of the molecule is Cc1sc(C(=O)OCC(=O)NC(C)C)cc1N. The number of aryl methyl sites for hydroxylation is 1. The second-order valence-corrected chi connectivity index (χ2v) is 5.18. The van der Waals surface area contributed by atoms with Gasteiger partial charge in [-0.3, -0.25) is 4.79 Å². The number of nitrogen functional groups attached to an aromatic ring is 1. The van der Waals surface area contributed by atoms with Crippen LogP contribution in [0, 0.1) is 6.92 Å². The minimum absolute atomic E-state index is 0.0285. The molecule has 1 aromatic heterocycles. The van der Waals surface area contributed by atoms with Crippen molar-refractivity contribution in [2.45, 2.75) is 26.8 Å². The summed E-state index contributed by atoms with van der Waals surface area (Å²) in [6, 6.07) is 1.59. The molecule has 0 bridgehead atoms. The molecule has 5 nitrogen and oxygen atoms in total. The summed E-state index contributed by atoms with van der Waals surface area (Å²) in [5.41, 5.74) is 6.19. The van der Waals surface area contributed by atoms with E-state index in [0.717, 1.165) is 4.88 Å². The van der Waals surface area contributed by atoms with Gasteiger partial charge in [0.15, 0.2) is 6.61 Å². The average molecular weight is 256 g/mol. The van der Waals surface area contributed by atoms with Gasteiger partial charge in [0.2, 0.25) is 0 Å². The van der Waals surface area contributed by atoms with Gasteiger partial charge in [-0.2, -0.15) is 0 Å². The fourth-order valence-corrected chi connectivity index (χ4v) is 2.00. The molecule has 1 heterocycles. The maximum atomic E-state index is 11.6. The van der Waals surface area contributed by atoms with Crippen LogP contribution in [-0.2, 0) is 9.53 Å². The minimum Gasteiger partial charge on any atom is -0.451 e. The highest BCUT2D eigenvalue weighted by Gasteiger charge is 2.14. The molecule has 0 saturated carbocycles. The van der Waals surface area contributed by atoms with Gasteiger partial charge in [0.1, 0.15) is 4.88 Å². The molecule has 6 heteroatoms. The fourth-order valence-electron chi connectivity index (χ4n) is 1.16. The number of ether oxygens (including phenoxy) is 1. The Labute approximate surface area is 104 Å². The smallest absolute Gasteiger partial charge is 0.348 e. The summed E-state index contributed by atoms with van der Waals surface area (Å²) < 4.78 is 4.86. The van der Waals surface area contributed by atoms with Crippen LogP contribution in [0.15, 0.2) is 6.07 Å². The van der Waals surface area contributed by atoms with E-state index in [4.69, 9.17) is 10.5 Å². The third-order valence-electron chi connectivity index (χ3n) is 1.94. The van der Waals surface area contributed by atoms with E-state index in [0.29, 0.717) is 10.6 Å². The molecule has 0 spiro atoms. The maximum absolute atomic E-state index is 11.6. The van der Waals surface area contributed by atoms with Crippen molar-refractivity contribution < 1.29 is 14.3 Å². The minimum atomic E-state index is -0.520. The molecule has 3 N–H and O–H groups in total. The molecule has 0 fully saturated rings. The zero-order chi connectivity index (χ0) is 13.0. The van der Waals surface area contributed by atoms with E-state index in [1.54, 1.807) is 6.07 Å². The van der Waals surface area contributed by atoms with Crippen molar-refractivity contribution >= 4 is 28.9 Å². The molecule has 0 radical (unpaired) electrons. The molecule has 0 aliphatic carbocycles. The van der Waals surface area contributed by atoms with Crippen LogP contribution in [0.5, 0.6) is 0 Å². The van der Waals surface area contributed by atoms with Crippen LogP contribution in [0.25, 0.3) is 0 Å². The zero-order valence-corrected chi connectivity index (χ0v) is 10.9. The van der Waals surface area contributed by atoms with Gasteiger partial charge in [0.25, 0.3) is 5.91 Å². The van der Waals surface area contributed by atoms with Gasteiger partial charge < -0.3 is 15.8 Å². The van der Waals surface area contributed by atoms with E-state index in [2.05, 4.69) is 5.32 Å². The third kappa shape index (κ3) is 4.07. The lowest BCUT2D eigenvalue weighted by atomic mass is 10.4. The molecular formula is C11H16N2O3S. The monoisotopic (exact) mass is 256 g/mol. The molecule has 0 aliphatic heterocycles. The molecule has 0 aromatic carbocycles. The highest BCUT2D eigenvalue weighted by atomic mass is 32.1. The quantitative estimate of drug-likeness (QED) is 0.796. The Bertz CT molecular complexity index is 407. The van der Waals surface area contributed by atoms with Crippen LogP contribution < -0.4 is 11.1 Å². The Morgan fingerprint density at radius 3 is 2.65 bits per heavy atom. The van der Waals surface area contributed by atoms with Gasteiger partial charge >= 0.3 is 5.97 Å². The molecule has 0 saturated heterocycles. The van der Waals surface area contributed by atoms with Crippen molar-refractivity contribution in [3.8, 4) is 0 Å². The lowest BCUT2D eigenvalue weighted by Crippen LogP contribution is -2.33. The van der Waals surface area contributed by atoms with E-state index in [9.17, 15) is 9.59 Å². The number of thiophene rings is 1. The van der Waals surface area contributed by atoms with Gasteiger partial charge in [-0.1, -0.05) is 0 Å². The lowest BCUT2D eigenvalue weighted by Gasteiger charge is -2.08. The number of hydrogen-bond donors (Lipinski definition) is 2. The largest absolute Gasteiger partial charge is 0.451 e. The normalized spacial score (nSPS) is 10.4. The molecule has 0 unspecified atom stereocenters. The van der Waals surface area contributed by atoms with Gasteiger partial charge in [-0.15, -0.1) is 11.3 Å². The Kier molecular flexibility index (Phi) is 4.51. The summed E-state index contributed by atoms with van der Waals surface area (Å²) in [6.07, 6.45) is 0. The van der Waals surface area contributed by atoms with Crippen LogP contribution in [-0.4, -0.2) is 24.5 Å². The molecule has 17 heavy (non-hydrogen) atoms. The van der Waals surface area contributed by atoms with Gasteiger partial charge in [0.05, 0.1) is 0 Å². The number of esters is 1. The first kappa shape index (κ1) is 13.5. The number of nitrogens with one attached hydrogen (secondary N) is 1. The number of hydrogen-bond acceptors (Lipinski definition) is 5. The fraction of sp³-hybridized carbons (Fsp3) is 0.455. The Morgan fingerprint density at radius 1 is 1.53 bits per heavy atom. The molecule has 1 aromatic rings. The highest BCUT2D eigenvalue weighted by molar-refractivity contribution is 7.14. The maximum Gasteiger partial charge on any atom is 0.348 e. The zero-order valence-electron chi connectivity index (χ0n) is 10.1. The van der Waals surface area contributed by atoms with Crippen LogP contribution in [0.1, 0.15) is 28.4 Å². The summed E-state index contributed by atoms with van der Waals surface area (Å²) in [5, 5.41) is 2.63. The van der Waals surface area contributed by atoms with Crippen molar-refractivity contribution in [2.24, 2.45) is 0 Å².